The highest BCUT2D eigenvalue weighted by molar-refractivity contribution is 5.89. The van der Waals surface area contributed by atoms with E-state index in [2.05, 4.69) is 167 Å². The van der Waals surface area contributed by atoms with Crippen molar-refractivity contribution in [3.8, 4) is 62.1 Å². The Hall–Kier alpha value is -9.40. The highest BCUT2D eigenvalue weighted by atomic mass is 16.5. The Labute approximate surface area is 434 Å². The van der Waals surface area contributed by atoms with E-state index in [0.717, 1.165) is 119 Å². The lowest BCUT2D eigenvalue weighted by Gasteiger charge is -2.28. The second-order valence-electron chi connectivity index (χ2n) is 17.6. The molecule has 0 aliphatic rings. The molecule has 10 aromatic rings. The summed E-state index contributed by atoms with van der Waals surface area (Å²) in [6.45, 7) is 2.14. The summed E-state index contributed by atoms with van der Waals surface area (Å²) in [7, 11) is 8.52. The third-order valence-corrected chi connectivity index (χ3v) is 13.3. The normalized spacial score (nSPS) is 10.8. The molecule has 0 aromatic heterocycles. The first-order valence-corrected chi connectivity index (χ1v) is 24.5. The molecule has 8 nitrogen and oxygen atoms in total. The number of anilines is 9. The molecule has 0 saturated carbocycles. The number of methoxy groups -OCH3 is 5. The van der Waals surface area contributed by atoms with Crippen LogP contribution in [0.5, 0.6) is 28.7 Å². The van der Waals surface area contributed by atoms with Crippen molar-refractivity contribution in [2.45, 2.75) is 6.92 Å². The minimum absolute atomic E-state index is 0.746. The van der Waals surface area contributed by atoms with Crippen LogP contribution >= 0.6 is 0 Å². The predicted octanol–water partition coefficient (Wildman–Crippen LogP) is 17.4. The summed E-state index contributed by atoms with van der Waals surface area (Å²) in [6, 6.07) is 81.8. The largest absolute Gasteiger partial charge is 0.495 e. The SMILES string of the molecule is COc1ccccc1N(c1ccc(-c2cc(-c3ccc(N(c4ccccc4OC)c4ccccc4OC)cc3)cc(-c3ccc(N(c4ccccc4OC)c4ccccc4OC)cc3)c2)cc1)c1ccccc1C. The van der Waals surface area contributed by atoms with E-state index < -0.39 is 0 Å². The average Bonchev–Trinajstić information content (AvgIpc) is 3.47. The molecule has 0 atom stereocenters. The van der Waals surface area contributed by atoms with E-state index >= 15 is 0 Å². The summed E-state index contributed by atoms with van der Waals surface area (Å²) in [6.07, 6.45) is 0. The van der Waals surface area contributed by atoms with Gasteiger partial charge in [0.05, 0.1) is 64.0 Å². The van der Waals surface area contributed by atoms with Gasteiger partial charge in [-0.05, 0) is 167 Å². The van der Waals surface area contributed by atoms with Crippen LogP contribution in [0.15, 0.2) is 237 Å². The third-order valence-electron chi connectivity index (χ3n) is 13.3. The van der Waals surface area contributed by atoms with Gasteiger partial charge >= 0.3 is 0 Å². The molecule has 10 rings (SSSR count). The molecule has 0 spiro atoms. The van der Waals surface area contributed by atoms with Crippen LogP contribution in [-0.4, -0.2) is 35.5 Å². The van der Waals surface area contributed by atoms with E-state index in [4.69, 9.17) is 23.7 Å². The Morgan fingerprint density at radius 1 is 0.230 bits per heavy atom. The van der Waals surface area contributed by atoms with Gasteiger partial charge in [-0.1, -0.05) is 115 Å². The summed E-state index contributed by atoms with van der Waals surface area (Å²) in [5.74, 6) is 3.77. The van der Waals surface area contributed by atoms with Crippen molar-refractivity contribution in [2.24, 2.45) is 0 Å². The highest BCUT2D eigenvalue weighted by Crippen LogP contribution is 2.47. The second-order valence-corrected chi connectivity index (χ2v) is 17.6. The van der Waals surface area contributed by atoms with Gasteiger partial charge in [-0.2, -0.15) is 0 Å². The van der Waals surface area contributed by atoms with E-state index in [1.165, 1.54) is 0 Å². The summed E-state index contributed by atoms with van der Waals surface area (Å²) in [5.41, 5.74) is 16.1. The fourth-order valence-corrected chi connectivity index (χ4v) is 9.65. The molecule has 8 heteroatoms. The molecular weight excluding hydrogens is 915 g/mol. The van der Waals surface area contributed by atoms with Crippen LogP contribution in [0.2, 0.25) is 0 Å². The van der Waals surface area contributed by atoms with Crippen molar-refractivity contribution in [3.05, 3.63) is 242 Å². The van der Waals surface area contributed by atoms with Gasteiger partial charge in [-0.15, -0.1) is 0 Å². The minimum atomic E-state index is 0.746. The van der Waals surface area contributed by atoms with E-state index in [1.54, 1.807) is 35.5 Å². The van der Waals surface area contributed by atoms with Crippen molar-refractivity contribution in [3.63, 3.8) is 0 Å². The summed E-state index contributed by atoms with van der Waals surface area (Å²) in [4.78, 5) is 6.62. The minimum Gasteiger partial charge on any atom is -0.495 e. The van der Waals surface area contributed by atoms with Gasteiger partial charge in [-0.3, -0.25) is 0 Å². The first-order valence-electron chi connectivity index (χ1n) is 24.5. The second kappa shape index (κ2) is 21.9. The van der Waals surface area contributed by atoms with Gasteiger partial charge in [0, 0.05) is 22.7 Å². The highest BCUT2D eigenvalue weighted by Gasteiger charge is 2.23. The van der Waals surface area contributed by atoms with Crippen LogP contribution in [0.1, 0.15) is 5.56 Å². The molecule has 74 heavy (non-hydrogen) atoms. The fourth-order valence-electron chi connectivity index (χ4n) is 9.65. The van der Waals surface area contributed by atoms with Crippen LogP contribution in [-0.2, 0) is 0 Å². The zero-order chi connectivity index (χ0) is 51.0. The predicted molar refractivity (Wildman–Crippen MR) is 304 cm³/mol. The third kappa shape index (κ3) is 9.69. The maximum atomic E-state index is 5.92. The lowest BCUT2D eigenvalue weighted by molar-refractivity contribution is 0.412. The first kappa shape index (κ1) is 48.2. The van der Waals surface area contributed by atoms with Crippen LogP contribution in [0.25, 0.3) is 33.4 Å². The lowest BCUT2D eigenvalue weighted by Crippen LogP contribution is -2.12. The summed E-state index contributed by atoms with van der Waals surface area (Å²) in [5, 5.41) is 0. The van der Waals surface area contributed by atoms with Crippen LogP contribution in [0, 0.1) is 6.92 Å². The standard InChI is InChI=1S/C66H57N3O5/c1-46-19-7-8-20-56(46)67(57-21-9-14-26-62(57)70-2)53-37-31-47(32-38-53)50-43-51(48-33-39-54(40-34-48)68(58-22-10-15-27-63(58)71-3)59-23-11-16-28-64(59)72-4)45-52(44-50)49-35-41-55(42-36-49)69(60-24-12-17-29-65(60)73-5)61-25-13-18-30-66(61)74-6/h7-45H,1-6H3. The number of hydrogen-bond acceptors (Lipinski definition) is 8. The molecule has 0 aliphatic carbocycles. The van der Waals surface area contributed by atoms with Crippen LogP contribution < -0.4 is 38.4 Å². The quantitative estimate of drug-likeness (QED) is 0.0895. The van der Waals surface area contributed by atoms with Gasteiger partial charge in [-0.25, -0.2) is 0 Å². The number of para-hydroxylation sites is 11. The van der Waals surface area contributed by atoms with Crippen molar-refractivity contribution in [1.29, 1.82) is 0 Å². The number of ether oxygens (including phenoxy) is 5. The van der Waals surface area contributed by atoms with Crippen molar-refractivity contribution in [1.82, 2.24) is 0 Å². The molecule has 0 unspecified atom stereocenters. The number of aryl methyl sites for hydroxylation is 1. The molecule has 0 heterocycles. The molecule has 0 radical (unpaired) electrons. The molecular formula is C66H57N3O5. The van der Waals surface area contributed by atoms with E-state index in [1.807, 2.05) is 91.0 Å². The molecule has 0 N–H and O–H groups in total. The van der Waals surface area contributed by atoms with Crippen LogP contribution in [0.3, 0.4) is 0 Å². The van der Waals surface area contributed by atoms with E-state index in [9.17, 15) is 0 Å². The lowest BCUT2D eigenvalue weighted by atomic mass is 9.93. The monoisotopic (exact) mass is 971 g/mol. The van der Waals surface area contributed by atoms with Gasteiger partial charge in [0.2, 0.25) is 0 Å². The Kier molecular flexibility index (Phi) is 14.3. The Balaban J connectivity index is 1.09. The zero-order valence-corrected chi connectivity index (χ0v) is 42.4. The molecule has 0 saturated heterocycles. The molecule has 0 amide bonds. The molecule has 0 aliphatic heterocycles. The molecule has 0 bridgehead atoms. The maximum absolute atomic E-state index is 5.92. The Morgan fingerprint density at radius 2 is 0.446 bits per heavy atom. The topological polar surface area (TPSA) is 55.9 Å². The number of nitrogens with zero attached hydrogens (tertiary/aromatic N) is 3. The zero-order valence-electron chi connectivity index (χ0n) is 42.4. The fraction of sp³-hybridized carbons (Fsp3) is 0.0909. The maximum Gasteiger partial charge on any atom is 0.142 e. The summed E-state index contributed by atoms with van der Waals surface area (Å²) >= 11 is 0. The summed E-state index contributed by atoms with van der Waals surface area (Å²) < 4.78 is 29.5. The van der Waals surface area contributed by atoms with Gasteiger partial charge in [0.15, 0.2) is 0 Å². The number of rotatable bonds is 17. The van der Waals surface area contributed by atoms with Gasteiger partial charge in [0.1, 0.15) is 28.7 Å². The molecule has 366 valence electrons. The van der Waals surface area contributed by atoms with Crippen LogP contribution in [0.4, 0.5) is 51.2 Å². The van der Waals surface area contributed by atoms with E-state index in [0.29, 0.717) is 0 Å². The Bertz CT molecular complexity index is 3270. The van der Waals surface area contributed by atoms with Crippen molar-refractivity contribution >= 4 is 51.2 Å². The average molecular weight is 972 g/mol. The van der Waals surface area contributed by atoms with Gasteiger partial charge in [0.25, 0.3) is 0 Å². The van der Waals surface area contributed by atoms with Crippen molar-refractivity contribution in [2.75, 3.05) is 50.2 Å². The molecule has 0 fully saturated rings. The first-order chi connectivity index (χ1) is 36.4. The van der Waals surface area contributed by atoms with E-state index in [-0.39, 0.29) is 0 Å². The van der Waals surface area contributed by atoms with Gasteiger partial charge < -0.3 is 38.4 Å². The Morgan fingerprint density at radius 3 is 0.689 bits per heavy atom. The molecule has 10 aromatic carbocycles. The van der Waals surface area contributed by atoms with Crippen molar-refractivity contribution < 1.29 is 23.7 Å². The number of benzene rings is 10. The number of hydrogen-bond donors (Lipinski definition) is 0. The smallest absolute Gasteiger partial charge is 0.142 e.